The van der Waals surface area contributed by atoms with Crippen LogP contribution in [0.4, 0.5) is 5.69 Å². The lowest BCUT2D eigenvalue weighted by atomic mass is 10.1. The van der Waals surface area contributed by atoms with Gasteiger partial charge in [0.15, 0.2) is 0 Å². The first-order valence-electron chi connectivity index (χ1n) is 6.30. The van der Waals surface area contributed by atoms with Crippen LogP contribution < -0.4 is 5.32 Å². The molecule has 0 radical (unpaired) electrons. The highest BCUT2D eigenvalue weighted by molar-refractivity contribution is 5.99. The van der Waals surface area contributed by atoms with Gasteiger partial charge in [0, 0.05) is 25.5 Å². The molecule has 1 aromatic heterocycles. The number of hydrogen-bond acceptors (Lipinski definition) is 3. The first-order chi connectivity index (χ1) is 9.63. The minimum absolute atomic E-state index is 0.0318. The summed E-state index contributed by atoms with van der Waals surface area (Å²) in [5, 5.41) is 6.90. The van der Waals surface area contributed by atoms with Crippen LogP contribution in [0.25, 0.3) is 0 Å². The van der Waals surface area contributed by atoms with Crippen LogP contribution >= 0.6 is 0 Å². The van der Waals surface area contributed by atoms with E-state index in [1.165, 1.54) is 4.90 Å². The monoisotopic (exact) mass is 270 g/mol. The third-order valence-electron chi connectivity index (χ3n) is 3.21. The Morgan fingerprint density at radius 1 is 1.25 bits per heavy atom. The minimum Gasteiger partial charge on any atom is -0.324 e. The number of carbonyl (C=O) groups is 2. The second kappa shape index (κ2) is 4.80. The summed E-state index contributed by atoms with van der Waals surface area (Å²) in [5.41, 5.74) is 2.02. The zero-order valence-electron chi connectivity index (χ0n) is 11.0. The van der Waals surface area contributed by atoms with Gasteiger partial charge in [-0.05, 0) is 17.7 Å². The van der Waals surface area contributed by atoms with Crippen molar-refractivity contribution in [2.24, 2.45) is 7.05 Å². The van der Waals surface area contributed by atoms with Crippen molar-refractivity contribution in [1.29, 1.82) is 0 Å². The number of para-hydroxylation sites is 1. The Labute approximate surface area is 116 Å². The Bertz CT molecular complexity index is 677. The maximum atomic E-state index is 12.4. The summed E-state index contributed by atoms with van der Waals surface area (Å²) in [5.74, 6) is -0.434. The zero-order chi connectivity index (χ0) is 14.1. The molecule has 1 aliphatic heterocycles. The van der Waals surface area contributed by atoms with Crippen LogP contribution in [0.15, 0.2) is 36.5 Å². The molecule has 2 heterocycles. The van der Waals surface area contributed by atoms with E-state index in [0.29, 0.717) is 12.2 Å². The Balaban J connectivity index is 1.91. The summed E-state index contributed by atoms with van der Waals surface area (Å²) < 4.78 is 1.57. The number of rotatable bonds is 1. The van der Waals surface area contributed by atoms with Crippen molar-refractivity contribution in [3.8, 4) is 0 Å². The summed E-state index contributed by atoms with van der Waals surface area (Å²) >= 11 is 0. The van der Waals surface area contributed by atoms with Gasteiger partial charge in [0.25, 0.3) is 5.91 Å². The van der Waals surface area contributed by atoms with E-state index in [-0.39, 0.29) is 18.4 Å². The van der Waals surface area contributed by atoms with Gasteiger partial charge in [-0.25, -0.2) is 0 Å². The fourth-order valence-electron chi connectivity index (χ4n) is 2.24. The molecule has 0 aliphatic carbocycles. The van der Waals surface area contributed by atoms with Crippen molar-refractivity contribution in [1.82, 2.24) is 14.7 Å². The Hall–Kier alpha value is -2.63. The lowest BCUT2D eigenvalue weighted by Crippen LogP contribution is -2.35. The van der Waals surface area contributed by atoms with E-state index >= 15 is 0 Å². The molecule has 0 fully saturated rings. The molecule has 1 aliphatic rings. The van der Waals surface area contributed by atoms with Crippen molar-refractivity contribution in [3.05, 3.63) is 47.8 Å². The van der Waals surface area contributed by atoms with Crippen molar-refractivity contribution >= 4 is 17.5 Å². The van der Waals surface area contributed by atoms with Gasteiger partial charge >= 0.3 is 0 Å². The van der Waals surface area contributed by atoms with E-state index in [1.807, 2.05) is 24.3 Å². The van der Waals surface area contributed by atoms with Gasteiger partial charge in [-0.1, -0.05) is 18.2 Å². The van der Waals surface area contributed by atoms with Gasteiger partial charge in [-0.15, -0.1) is 0 Å². The first kappa shape index (κ1) is 12.4. The lowest BCUT2D eigenvalue weighted by Gasteiger charge is -2.18. The van der Waals surface area contributed by atoms with Crippen LogP contribution in [0.3, 0.4) is 0 Å². The number of hydrogen-bond donors (Lipinski definition) is 1. The molecular formula is C14H14N4O2. The van der Waals surface area contributed by atoms with E-state index in [1.54, 1.807) is 24.0 Å². The number of amides is 2. The van der Waals surface area contributed by atoms with Crippen LogP contribution in [-0.2, 0) is 18.4 Å². The molecule has 3 rings (SSSR count). The molecular weight excluding hydrogens is 256 g/mol. The average Bonchev–Trinajstić information content (AvgIpc) is 2.77. The van der Waals surface area contributed by atoms with Gasteiger partial charge in [-0.3, -0.25) is 14.3 Å². The Kier molecular flexibility index (Phi) is 2.98. The summed E-state index contributed by atoms with van der Waals surface area (Å²) in [6.45, 7) is 0.425. The number of aryl methyl sites for hydroxylation is 1. The molecule has 102 valence electrons. The molecule has 0 saturated carbocycles. The Morgan fingerprint density at radius 3 is 2.80 bits per heavy atom. The van der Waals surface area contributed by atoms with Crippen LogP contribution in [0.2, 0.25) is 0 Å². The highest BCUT2D eigenvalue weighted by Crippen LogP contribution is 2.21. The molecule has 2 amide bonds. The van der Waals surface area contributed by atoms with E-state index in [4.69, 9.17) is 0 Å². The third-order valence-corrected chi connectivity index (χ3v) is 3.21. The van der Waals surface area contributed by atoms with Crippen molar-refractivity contribution in [2.45, 2.75) is 6.54 Å². The molecule has 0 bridgehead atoms. The molecule has 6 nitrogen and oxygen atoms in total. The normalized spacial score (nSPS) is 14.4. The second-order valence-corrected chi connectivity index (χ2v) is 4.74. The fraction of sp³-hybridized carbons (Fsp3) is 0.214. The van der Waals surface area contributed by atoms with E-state index in [9.17, 15) is 9.59 Å². The summed E-state index contributed by atoms with van der Waals surface area (Å²) in [6.07, 6.45) is 1.71. The molecule has 0 atom stereocenters. The van der Waals surface area contributed by atoms with Crippen LogP contribution in [-0.4, -0.2) is 33.0 Å². The van der Waals surface area contributed by atoms with Crippen molar-refractivity contribution in [2.75, 3.05) is 11.9 Å². The largest absolute Gasteiger partial charge is 0.324 e. The quantitative estimate of drug-likeness (QED) is 0.841. The van der Waals surface area contributed by atoms with Gasteiger partial charge in [0.05, 0.1) is 0 Å². The summed E-state index contributed by atoms with van der Waals surface area (Å²) in [4.78, 5) is 25.8. The number of fused-ring (bicyclic) bond motifs is 1. The van der Waals surface area contributed by atoms with Gasteiger partial charge < -0.3 is 10.2 Å². The molecule has 0 saturated heterocycles. The SMILES string of the molecule is Cn1ccc(C(=O)N2CC(=O)Nc3ccccc3C2)n1. The molecule has 2 aromatic rings. The lowest BCUT2D eigenvalue weighted by molar-refractivity contribution is -0.116. The molecule has 1 aromatic carbocycles. The van der Waals surface area contributed by atoms with E-state index in [0.717, 1.165) is 11.3 Å². The molecule has 0 spiro atoms. The first-order valence-corrected chi connectivity index (χ1v) is 6.30. The van der Waals surface area contributed by atoms with Crippen LogP contribution in [0.5, 0.6) is 0 Å². The number of benzene rings is 1. The van der Waals surface area contributed by atoms with Crippen LogP contribution in [0, 0.1) is 0 Å². The highest BCUT2D eigenvalue weighted by atomic mass is 16.2. The van der Waals surface area contributed by atoms with E-state index in [2.05, 4.69) is 10.4 Å². The highest BCUT2D eigenvalue weighted by Gasteiger charge is 2.25. The maximum Gasteiger partial charge on any atom is 0.275 e. The predicted molar refractivity (Wildman–Crippen MR) is 73.0 cm³/mol. The van der Waals surface area contributed by atoms with Crippen molar-refractivity contribution in [3.63, 3.8) is 0 Å². The maximum absolute atomic E-state index is 12.4. The van der Waals surface area contributed by atoms with Crippen molar-refractivity contribution < 1.29 is 9.59 Å². The molecule has 1 N–H and O–H groups in total. The van der Waals surface area contributed by atoms with E-state index < -0.39 is 0 Å². The number of nitrogens with one attached hydrogen (secondary N) is 1. The Morgan fingerprint density at radius 2 is 2.05 bits per heavy atom. The number of aromatic nitrogens is 2. The minimum atomic E-state index is -0.238. The predicted octanol–water partition coefficient (Wildman–Crippen LogP) is 1.01. The standard InChI is InChI=1S/C14H14N4O2/c1-17-7-6-12(16-17)14(20)18-8-10-4-2-3-5-11(10)15-13(19)9-18/h2-7H,8-9H2,1H3,(H,15,19). The topological polar surface area (TPSA) is 67.2 Å². The average molecular weight is 270 g/mol. The number of nitrogens with zero attached hydrogens (tertiary/aromatic N) is 3. The second-order valence-electron chi connectivity index (χ2n) is 4.74. The molecule has 0 unspecified atom stereocenters. The molecule has 20 heavy (non-hydrogen) atoms. The zero-order valence-corrected chi connectivity index (χ0v) is 11.0. The number of carbonyl (C=O) groups excluding carboxylic acids is 2. The van der Waals surface area contributed by atoms with Gasteiger partial charge in [0.1, 0.15) is 12.2 Å². The third kappa shape index (κ3) is 2.27. The smallest absolute Gasteiger partial charge is 0.275 e. The number of anilines is 1. The molecule has 6 heteroatoms. The summed E-state index contributed by atoms with van der Waals surface area (Å²) in [7, 11) is 1.75. The fourth-order valence-corrected chi connectivity index (χ4v) is 2.24. The van der Waals surface area contributed by atoms with Gasteiger partial charge in [-0.2, -0.15) is 5.10 Å². The summed E-state index contributed by atoms with van der Waals surface area (Å²) in [6, 6.07) is 9.13. The van der Waals surface area contributed by atoms with Gasteiger partial charge in [0.2, 0.25) is 5.91 Å². The van der Waals surface area contributed by atoms with Crippen LogP contribution in [0.1, 0.15) is 16.1 Å².